The van der Waals surface area contributed by atoms with Gasteiger partial charge in [0.05, 0.1) is 11.0 Å². The largest absolute Gasteiger partial charge is 0.460 e. The van der Waals surface area contributed by atoms with Crippen molar-refractivity contribution in [1.29, 1.82) is 0 Å². The van der Waals surface area contributed by atoms with Crippen LogP contribution in [0.3, 0.4) is 0 Å². The van der Waals surface area contributed by atoms with Crippen LogP contribution in [0, 0.1) is 6.92 Å². The Morgan fingerprint density at radius 2 is 1.60 bits per heavy atom. The van der Waals surface area contributed by atoms with Crippen molar-refractivity contribution in [3.8, 4) is 22.5 Å². The number of hydrogen-bond donors (Lipinski definition) is 1. The molecule has 1 N–H and O–H groups in total. The predicted octanol–water partition coefficient (Wildman–Crippen LogP) is 7.35. The Morgan fingerprint density at radius 1 is 0.894 bits per heavy atom. The monoisotopic (exact) mass is 662 g/mol. The summed E-state index contributed by atoms with van der Waals surface area (Å²) in [5.41, 5.74) is 5.22. The number of sulfonamides is 1. The van der Waals surface area contributed by atoms with E-state index >= 15 is 0 Å². The Balaban J connectivity index is 1.65. The van der Waals surface area contributed by atoms with Gasteiger partial charge in [-0.15, -0.1) is 0 Å². The van der Waals surface area contributed by atoms with Gasteiger partial charge in [0.1, 0.15) is 30.0 Å². The third-order valence-corrected chi connectivity index (χ3v) is 9.95. The lowest BCUT2D eigenvalue weighted by Crippen LogP contribution is -2.29. The number of carbonyl (C=O) groups excluding carboxylic acids is 1. The molecule has 0 aromatic heterocycles. The second kappa shape index (κ2) is 15.5. The van der Waals surface area contributed by atoms with Crippen LogP contribution in [0.15, 0.2) is 63.9 Å². The van der Waals surface area contributed by atoms with Crippen LogP contribution in [-0.4, -0.2) is 52.7 Å². The number of aryl methyl sites for hydroxylation is 1. The number of anilines is 1. The van der Waals surface area contributed by atoms with Crippen LogP contribution in [0.2, 0.25) is 0 Å². The summed E-state index contributed by atoms with van der Waals surface area (Å²) in [4.78, 5) is 14.5. The standard InChI is InChI=1S/C38H52N3O5S/c1-9-40(10-2)28-17-20-32-34(25-28)45-35-26-29(41(11-3)12-4)18-21-33(35)37(32)31-22-19-30(24-27(31)5)47(43,44)39-23-15-13-14-16-36(42)46-38(6,7)8/h17-22,24-26,39H,9-16,23H2,1-8H3/q+1. The highest BCUT2D eigenvalue weighted by Crippen LogP contribution is 2.42. The summed E-state index contributed by atoms with van der Waals surface area (Å²) < 4.78 is 43.5. The zero-order valence-electron chi connectivity index (χ0n) is 29.4. The number of nitrogens with zero attached hydrogens (tertiary/aromatic N) is 2. The lowest BCUT2D eigenvalue weighted by molar-refractivity contribution is -0.154. The summed E-state index contributed by atoms with van der Waals surface area (Å²) in [6, 6.07) is 18.1. The van der Waals surface area contributed by atoms with Crippen LogP contribution >= 0.6 is 0 Å². The topological polar surface area (TPSA) is 91.9 Å². The average Bonchev–Trinajstić information content (AvgIpc) is 3.02. The third-order valence-electron chi connectivity index (χ3n) is 8.49. The first kappa shape index (κ1) is 36.2. The zero-order chi connectivity index (χ0) is 34.4. The summed E-state index contributed by atoms with van der Waals surface area (Å²) in [6.45, 7) is 20.0. The fourth-order valence-electron chi connectivity index (χ4n) is 6.07. The molecule has 4 rings (SSSR count). The number of carbonyl (C=O) groups is 1. The first-order chi connectivity index (χ1) is 22.3. The van der Waals surface area contributed by atoms with Crippen molar-refractivity contribution in [1.82, 2.24) is 9.30 Å². The van der Waals surface area contributed by atoms with Crippen LogP contribution in [0.1, 0.15) is 79.7 Å². The fraction of sp³-hybridized carbons (Fsp3) is 0.474. The molecule has 1 aliphatic heterocycles. The number of benzene rings is 3. The number of fused-ring (bicyclic) bond motifs is 2. The van der Waals surface area contributed by atoms with E-state index in [0.29, 0.717) is 25.8 Å². The van der Waals surface area contributed by atoms with E-state index in [9.17, 15) is 13.2 Å². The van der Waals surface area contributed by atoms with E-state index in [-0.39, 0.29) is 10.9 Å². The SMILES string of the molecule is CCN(CC)c1ccc2c(-c3ccc(S(=O)(=O)NCCCCCC(=O)OC(C)(C)C)cc3C)c3ccc(=[N+](CC)CC)cc-3oc2c1. The van der Waals surface area contributed by atoms with E-state index in [1.54, 1.807) is 12.1 Å². The van der Waals surface area contributed by atoms with Crippen molar-refractivity contribution >= 4 is 32.6 Å². The summed E-state index contributed by atoms with van der Waals surface area (Å²) >= 11 is 0. The lowest BCUT2D eigenvalue weighted by Gasteiger charge is -2.22. The molecule has 8 nitrogen and oxygen atoms in total. The Kier molecular flexibility index (Phi) is 11.9. The molecule has 0 fully saturated rings. The quantitative estimate of drug-likeness (QED) is 0.0657. The molecule has 0 unspecified atom stereocenters. The highest BCUT2D eigenvalue weighted by atomic mass is 32.2. The van der Waals surface area contributed by atoms with Crippen molar-refractivity contribution < 1.29 is 22.4 Å². The molecule has 0 radical (unpaired) electrons. The first-order valence-corrected chi connectivity index (χ1v) is 18.5. The Hall–Kier alpha value is -3.69. The van der Waals surface area contributed by atoms with E-state index in [0.717, 1.165) is 82.6 Å². The van der Waals surface area contributed by atoms with Gasteiger partial charge in [0.2, 0.25) is 15.4 Å². The number of unbranched alkanes of at least 4 members (excludes halogenated alkanes) is 2. The number of ether oxygens (including phenoxy) is 1. The summed E-state index contributed by atoms with van der Waals surface area (Å²) in [5.74, 6) is 0.563. The normalized spacial score (nSPS) is 12.1. The third kappa shape index (κ3) is 8.82. The molecule has 0 saturated carbocycles. The maximum Gasteiger partial charge on any atom is 0.306 e. The molecule has 2 aromatic rings. The maximum atomic E-state index is 13.3. The van der Waals surface area contributed by atoms with Crippen LogP contribution in [0.5, 0.6) is 0 Å². The summed E-state index contributed by atoms with van der Waals surface area (Å²) in [6.07, 6.45) is 2.34. The van der Waals surface area contributed by atoms with Gasteiger partial charge in [-0.1, -0.05) is 12.5 Å². The van der Waals surface area contributed by atoms with Gasteiger partial charge in [-0.05, 0) is 110 Å². The Bertz CT molecular complexity index is 1840. The number of esters is 1. The molecule has 0 atom stereocenters. The van der Waals surface area contributed by atoms with Crippen molar-refractivity contribution in [2.75, 3.05) is 37.6 Å². The maximum absolute atomic E-state index is 13.3. The van der Waals surface area contributed by atoms with Crippen molar-refractivity contribution in [3.05, 3.63) is 65.5 Å². The summed E-state index contributed by atoms with van der Waals surface area (Å²) in [5, 5.41) is 2.08. The highest BCUT2D eigenvalue weighted by molar-refractivity contribution is 7.89. The van der Waals surface area contributed by atoms with Gasteiger partial charge in [-0.25, -0.2) is 17.7 Å². The molecule has 0 amide bonds. The first-order valence-electron chi connectivity index (χ1n) is 17.0. The van der Waals surface area contributed by atoms with Gasteiger partial charge in [-0.2, -0.15) is 0 Å². The van der Waals surface area contributed by atoms with Crippen molar-refractivity contribution in [3.63, 3.8) is 0 Å². The minimum Gasteiger partial charge on any atom is -0.460 e. The van der Waals surface area contributed by atoms with Gasteiger partial charge in [-0.3, -0.25) is 4.79 Å². The molecule has 1 aliphatic carbocycles. The Morgan fingerprint density at radius 3 is 2.23 bits per heavy atom. The molecule has 47 heavy (non-hydrogen) atoms. The van der Waals surface area contributed by atoms with Crippen molar-refractivity contribution in [2.24, 2.45) is 0 Å². The summed E-state index contributed by atoms with van der Waals surface area (Å²) in [7, 11) is -3.71. The molecule has 9 heteroatoms. The zero-order valence-corrected chi connectivity index (χ0v) is 30.2. The second-order valence-electron chi connectivity index (χ2n) is 13.0. The van der Waals surface area contributed by atoms with Gasteiger partial charge in [0.25, 0.3) is 0 Å². The molecule has 0 bridgehead atoms. The molecule has 2 aliphatic rings. The molecule has 254 valence electrons. The van der Waals surface area contributed by atoms with Gasteiger partial charge in [0, 0.05) is 60.4 Å². The van der Waals surface area contributed by atoms with Crippen molar-refractivity contribution in [2.45, 2.75) is 91.6 Å². The highest BCUT2D eigenvalue weighted by Gasteiger charge is 2.22. The van der Waals surface area contributed by atoms with E-state index in [4.69, 9.17) is 9.15 Å². The molecule has 1 heterocycles. The second-order valence-corrected chi connectivity index (χ2v) is 14.7. The van der Waals surface area contributed by atoms with Crippen LogP contribution in [0.25, 0.3) is 33.4 Å². The van der Waals surface area contributed by atoms with E-state index in [2.05, 4.69) is 78.3 Å². The molecule has 2 aromatic carbocycles. The smallest absolute Gasteiger partial charge is 0.306 e. The van der Waals surface area contributed by atoms with Crippen LogP contribution in [-0.2, 0) is 19.6 Å². The minimum absolute atomic E-state index is 0.227. The number of nitrogens with one attached hydrogen (secondary N) is 1. The average molecular weight is 663 g/mol. The van der Waals surface area contributed by atoms with E-state index in [1.807, 2.05) is 33.8 Å². The van der Waals surface area contributed by atoms with Gasteiger partial charge >= 0.3 is 5.97 Å². The number of rotatable bonds is 14. The number of hydrogen-bond acceptors (Lipinski definition) is 6. The minimum atomic E-state index is -3.71. The molecule has 0 saturated heterocycles. The van der Waals surface area contributed by atoms with Crippen LogP contribution in [0.4, 0.5) is 5.69 Å². The molecule has 0 spiro atoms. The molecular weight excluding hydrogens is 611 g/mol. The van der Waals surface area contributed by atoms with E-state index < -0.39 is 15.6 Å². The van der Waals surface area contributed by atoms with Gasteiger partial charge in [0.15, 0.2) is 0 Å². The van der Waals surface area contributed by atoms with Crippen LogP contribution < -0.4 is 19.6 Å². The Labute approximate surface area is 280 Å². The fourth-order valence-corrected chi connectivity index (χ4v) is 7.22. The van der Waals surface area contributed by atoms with Gasteiger partial charge < -0.3 is 14.1 Å². The predicted molar refractivity (Wildman–Crippen MR) is 192 cm³/mol. The molecular formula is C38H52N3O5S+. The van der Waals surface area contributed by atoms with E-state index in [1.165, 1.54) is 0 Å². The lowest BCUT2D eigenvalue weighted by atomic mass is 9.91.